The van der Waals surface area contributed by atoms with Gasteiger partial charge in [0.1, 0.15) is 5.78 Å². The Morgan fingerprint density at radius 3 is 2.19 bits per heavy atom. The van der Waals surface area contributed by atoms with Gasteiger partial charge >= 0.3 is 0 Å². The normalized spacial score (nSPS) is 12.8. The van der Waals surface area contributed by atoms with Crippen LogP contribution in [0.25, 0.3) is 0 Å². The topological polar surface area (TPSA) is 17.1 Å². The number of benzene rings is 1. The minimum atomic E-state index is 0.132. The summed E-state index contributed by atoms with van der Waals surface area (Å²) in [6.07, 6.45) is 1.92. The van der Waals surface area contributed by atoms with Crippen LogP contribution in [-0.4, -0.2) is 5.78 Å². The van der Waals surface area contributed by atoms with Gasteiger partial charge in [-0.3, -0.25) is 4.79 Å². The smallest absolute Gasteiger partial charge is 0.138 e. The van der Waals surface area contributed by atoms with Gasteiger partial charge in [0.05, 0.1) is 0 Å². The molecule has 1 aromatic rings. The Bertz CT molecular complexity index is 352. The Morgan fingerprint density at radius 1 is 1.12 bits per heavy atom. The highest BCUT2D eigenvalue weighted by Gasteiger charge is 2.17. The molecule has 0 saturated carbocycles. The first kappa shape index (κ1) is 13.0. The molecule has 1 nitrogen and oxygen atoms in total. The first-order valence-corrected chi connectivity index (χ1v) is 6.16. The fourth-order valence-electron chi connectivity index (χ4n) is 2.10. The molecular formula is C15H22O. The van der Waals surface area contributed by atoms with Crippen molar-refractivity contribution in [3.8, 4) is 0 Å². The van der Waals surface area contributed by atoms with Gasteiger partial charge in [0.15, 0.2) is 0 Å². The van der Waals surface area contributed by atoms with Crippen molar-refractivity contribution < 1.29 is 4.79 Å². The van der Waals surface area contributed by atoms with Gasteiger partial charge in [0.25, 0.3) is 0 Å². The molecule has 0 aliphatic heterocycles. The van der Waals surface area contributed by atoms with E-state index in [0.29, 0.717) is 5.78 Å². The molecule has 0 radical (unpaired) electrons. The molecular weight excluding hydrogens is 196 g/mol. The Morgan fingerprint density at radius 2 is 1.69 bits per heavy atom. The van der Waals surface area contributed by atoms with Crippen molar-refractivity contribution in [1.29, 1.82) is 0 Å². The van der Waals surface area contributed by atoms with Crippen LogP contribution in [0, 0.1) is 11.8 Å². The lowest BCUT2D eigenvalue weighted by Crippen LogP contribution is -2.19. The van der Waals surface area contributed by atoms with Crippen LogP contribution in [0.15, 0.2) is 24.3 Å². The maximum atomic E-state index is 11.8. The minimum absolute atomic E-state index is 0.132. The number of aryl methyl sites for hydroxylation is 1. The number of hydrogen-bond donors (Lipinski definition) is 0. The van der Waals surface area contributed by atoms with Gasteiger partial charge in [-0.05, 0) is 24.0 Å². The summed E-state index contributed by atoms with van der Waals surface area (Å²) < 4.78 is 0. The standard InChI is InChI=1S/C15H22O/c1-5-13-8-6-7-9-14(13)10-12(4)15(16)11(2)3/h6-9,11-12H,5,10H2,1-4H3. The molecule has 1 heteroatoms. The van der Waals surface area contributed by atoms with Crippen LogP contribution in [0.4, 0.5) is 0 Å². The third-order valence-corrected chi connectivity index (χ3v) is 3.08. The van der Waals surface area contributed by atoms with Crippen molar-refractivity contribution in [2.45, 2.75) is 40.5 Å². The third-order valence-electron chi connectivity index (χ3n) is 3.08. The van der Waals surface area contributed by atoms with Crippen LogP contribution >= 0.6 is 0 Å². The van der Waals surface area contributed by atoms with Crippen molar-refractivity contribution in [3.05, 3.63) is 35.4 Å². The number of hydrogen-bond acceptors (Lipinski definition) is 1. The lowest BCUT2D eigenvalue weighted by Gasteiger charge is -2.15. The second-order valence-corrected chi connectivity index (χ2v) is 4.78. The molecule has 1 aromatic carbocycles. The van der Waals surface area contributed by atoms with E-state index in [0.717, 1.165) is 12.8 Å². The maximum Gasteiger partial charge on any atom is 0.138 e. The summed E-state index contributed by atoms with van der Waals surface area (Å²) in [6, 6.07) is 8.42. The molecule has 0 fully saturated rings. The molecule has 16 heavy (non-hydrogen) atoms. The number of carbonyl (C=O) groups is 1. The summed E-state index contributed by atoms with van der Waals surface area (Å²) in [6.45, 7) is 8.15. The largest absolute Gasteiger partial charge is 0.299 e. The molecule has 0 N–H and O–H groups in total. The predicted octanol–water partition coefficient (Wildman–Crippen LogP) is 3.65. The number of Topliss-reactive ketones (excluding diaryl/α,β-unsaturated/α-hetero) is 1. The Balaban J connectivity index is 2.76. The van der Waals surface area contributed by atoms with Crippen LogP contribution < -0.4 is 0 Å². The first-order valence-electron chi connectivity index (χ1n) is 6.16. The quantitative estimate of drug-likeness (QED) is 0.737. The average Bonchev–Trinajstić information content (AvgIpc) is 2.28. The average molecular weight is 218 g/mol. The van der Waals surface area contributed by atoms with Gasteiger partial charge in [0.2, 0.25) is 0 Å². The van der Waals surface area contributed by atoms with Crippen LogP contribution in [0.1, 0.15) is 38.8 Å². The zero-order valence-electron chi connectivity index (χ0n) is 10.8. The molecule has 0 aromatic heterocycles. The van der Waals surface area contributed by atoms with Crippen molar-refractivity contribution >= 4 is 5.78 Å². The minimum Gasteiger partial charge on any atom is -0.299 e. The maximum absolute atomic E-state index is 11.8. The van der Waals surface area contributed by atoms with Gasteiger partial charge in [-0.25, -0.2) is 0 Å². The molecule has 0 heterocycles. The highest BCUT2D eigenvalue weighted by Crippen LogP contribution is 2.17. The zero-order chi connectivity index (χ0) is 12.1. The van der Waals surface area contributed by atoms with Gasteiger partial charge in [-0.1, -0.05) is 52.0 Å². The summed E-state index contributed by atoms with van der Waals surface area (Å²) in [7, 11) is 0. The van der Waals surface area contributed by atoms with Gasteiger partial charge in [-0.15, -0.1) is 0 Å². The van der Waals surface area contributed by atoms with Gasteiger partial charge < -0.3 is 0 Å². The number of ketones is 1. The summed E-state index contributed by atoms with van der Waals surface area (Å²) in [5.74, 6) is 0.641. The number of carbonyl (C=O) groups excluding carboxylic acids is 1. The summed E-state index contributed by atoms with van der Waals surface area (Å²) in [5, 5.41) is 0. The lowest BCUT2D eigenvalue weighted by atomic mass is 9.89. The van der Waals surface area contributed by atoms with Crippen LogP contribution in [0.3, 0.4) is 0 Å². The Kier molecular flexibility index (Phi) is 4.72. The van der Waals surface area contributed by atoms with E-state index in [9.17, 15) is 4.79 Å². The molecule has 0 spiro atoms. The SMILES string of the molecule is CCc1ccccc1CC(C)C(=O)C(C)C. The highest BCUT2D eigenvalue weighted by atomic mass is 16.1. The second-order valence-electron chi connectivity index (χ2n) is 4.78. The van der Waals surface area contributed by atoms with Crippen LogP contribution in [-0.2, 0) is 17.6 Å². The van der Waals surface area contributed by atoms with E-state index < -0.39 is 0 Å². The van der Waals surface area contributed by atoms with Crippen molar-refractivity contribution in [2.75, 3.05) is 0 Å². The molecule has 1 rings (SSSR count). The summed E-state index contributed by atoms with van der Waals surface area (Å²) >= 11 is 0. The van der Waals surface area contributed by atoms with Gasteiger partial charge in [-0.2, -0.15) is 0 Å². The molecule has 0 aliphatic rings. The molecule has 0 aliphatic carbocycles. The van der Waals surface area contributed by atoms with E-state index in [1.54, 1.807) is 0 Å². The molecule has 0 bridgehead atoms. The molecule has 0 saturated heterocycles. The van der Waals surface area contributed by atoms with Crippen LogP contribution in [0.5, 0.6) is 0 Å². The van der Waals surface area contributed by atoms with Crippen LogP contribution in [0.2, 0.25) is 0 Å². The first-order chi connectivity index (χ1) is 7.56. The monoisotopic (exact) mass is 218 g/mol. The predicted molar refractivity (Wildman–Crippen MR) is 68.5 cm³/mol. The van der Waals surface area contributed by atoms with Crippen molar-refractivity contribution in [2.24, 2.45) is 11.8 Å². The fourth-order valence-corrected chi connectivity index (χ4v) is 2.10. The third kappa shape index (κ3) is 3.19. The number of rotatable bonds is 5. The van der Waals surface area contributed by atoms with E-state index in [1.165, 1.54) is 11.1 Å². The summed E-state index contributed by atoms with van der Waals surface area (Å²) in [4.78, 5) is 11.8. The van der Waals surface area contributed by atoms with E-state index in [-0.39, 0.29) is 11.8 Å². The zero-order valence-corrected chi connectivity index (χ0v) is 10.8. The van der Waals surface area contributed by atoms with E-state index in [1.807, 2.05) is 20.8 Å². The molecule has 88 valence electrons. The van der Waals surface area contributed by atoms with Gasteiger partial charge in [0, 0.05) is 11.8 Å². The fraction of sp³-hybridized carbons (Fsp3) is 0.533. The van der Waals surface area contributed by atoms with E-state index >= 15 is 0 Å². The van der Waals surface area contributed by atoms with E-state index in [2.05, 4.69) is 31.2 Å². The Hall–Kier alpha value is -1.11. The van der Waals surface area contributed by atoms with Crippen molar-refractivity contribution in [3.63, 3.8) is 0 Å². The lowest BCUT2D eigenvalue weighted by molar-refractivity contribution is -0.125. The second kappa shape index (κ2) is 5.83. The van der Waals surface area contributed by atoms with Crippen molar-refractivity contribution in [1.82, 2.24) is 0 Å². The molecule has 0 amide bonds. The molecule has 1 atom stereocenters. The van der Waals surface area contributed by atoms with E-state index in [4.69, 9.17) is 0 Å². The highest BCUT2D eigenvalue weighted by molar-refractivity contribution is 5.82. The Labute approximate surface area is 98.9 Å². The molecule has 1 unspecified atom stereocenters. The summed E-state index contributed by atoms with van der Waals surface area (Å²) in [5.41, 5.74) is 2.69.